The predicted octanol–water partition coefficient (Wildman–Crippen LogP) is 4.11. The van der Waals surface area contributed by atoms with Gasteiger partial charge in [-0.1, -0.05) is 35.3 Å². The fraction of sp³-hybridized carbons (Fsp3) is 0. The predicted molar refractivity (Wildman–Crippen MR) is 75.7 cm³/mol. The lowest BCUT2D eigenvalue weighted by Crippen LogP contribution is -2.32. The van der Waals surface area contributed by atoms with Crippen molar-refractivity contribution in [3.63, 3.8) is 0 Å². The molecule has 2 aromatic rings. The third-order valence-corrected chi connectivity index (χ3v) is 2.78. The number of carbonyl (C=O) groups excluding carboxylic acids is 1. The van der Waals surface area contributed by atoms with E-state index in [0.29, 0.717) is 21.5 Å². The molecule has 2 N–H and O–H groups in total. The highest BCUT2D eigenvalue weighted by molar-refractivity contribution is 6.33. The molecule has 19 heavy (non-hydrogen) atoms. The molecule has 4 nitrogen and oxygen atoms in total. The molecule has 0 aromatic heterocycles. The Morgan fingerprint density at radius 1 is 1.00 bits per heavy atom. The summed E-state index contributed by atoms with van der Waals surface area (Å²) < 4.78 is 5.02. The Kier molecular flexibility index (Phi) is 4.49. The van der Waals surface area contributed by atoms with Crippen molar-refractivity contribution in [3.8, 4) is 5.75 Å². The molecule has 6 heteroatoms. The van der Waals surface area contributed by atoms with Gasteiger partial charge in [0.05, 0.1) is 10.7 Å². The molecule has 0 radical (unpaired) electrons. The van der Waals surface area contributed by atoms with Crippen molar-refractivity contribution >= 4 is 35.0 Å². The molecule has 0 unspecified atom stereocenters. The second-order valence-electron chi connectivity index (χ2n) is 3.57. The maximum atomic E-state index is 11.5. The first-order valence-corrected chi connectivity index (χ1v) is 6.14. The Labute approximate surface area is 120 Å². The van der Waals surface area contributed by atoms with E-state index in [1.807, 2.05) is 0 Å². The van der Waals surface area contributed by atoms with Crippen LogP contribution in [0.1, 0.15) is 0 Å². The number of benzene rings is 2. The normalized spacial score (nSPS) is 9.79. The number of halogens is 2. The summed E-state index contributed by atoms with van der Waals surface area (Å²) in [5.41, 5.74) is 5.62. The van der Waals surface area contributed by atoms with Crippen LogP contribution in [0.25, 0.3) is 0 Å². The quantitative estimate of drug-likeness (QED) is 0.838. The minimum absolute atomic E-state index is 0.392. The summed E-state index contributed by atoms with van der Waals surface area (Å²) in [4.78, 5) is 11.5. The summed E-state index contributed by atoms with van der Waals surface area (Å²) in [7, 11) is 0. The van der Waals surface area contributed by atoms with Gasteiger partial charge in [-0.3, -0.25) is 5.43 Å². The highest BCUT2D eigenvalue weighted by Crippen LogP contribution is 2.19. The molecule has 0 heterocycles. The number of hydrazine groups is 1. The standard InChI is InChI=1S/C13H10Cl2N2O2/c14-9-5-7-10(8-6-9)19-13(18)17-16-12-4-2-1-3-11(12)15/h1-8,16H,(H,17,18). The first-order chi connectivity index (χ1) is 9.15. The van der Waals surface area contributed by atoms with E-state index in [0.717, 1.165) is 0 Å². The lowest BCUT2D eigenvalue weighted by atomic mass is 10.3. The third-order valence-electron chi connectivity index (χ3n) is 2.20. The number of nitrogens with one attached hydrogen (secondary N) is 2. The van der Waals surface area contributed by atoms with Gasteiger partial charge in [0.2, 0.25) is 0 Å². The highest BCUT2D eigenvalue weighted by atomic mass is 35.5. The molecular weight excluding hydrogens is 287 g/mol. The summed E-state index contributed by atoms with van der Waals surface area (Å²) in [6.45, 7) is 0. The van der Waals surface area contributed by atoms with E-state index in [2.05, 4.69) is 10.9 Å². The number of carbonyl (C=O) groups is 1. The first-order valence-electron chi connectivity index (χ1n) is 5.39. The van der Waals surface area contributed by atoms with E-state index < -0.39 is 6.09 Å². The molecule has 1 amide bonds. The van der Waals surface area contributed by atoms with Crippen molar-refractivity contribution < 1.29 is 9.53 Å². The van der Waals surface area contributed by atoms with Crippen LogP contribution in [0.5, 0.6) is 5.75 Å². The minimum Gasteiger partial charge on any atom is -0.409 e. The molecule has 98 valence electrons. The van der Waals surface area contributed by atoms with Gasteiger partial charge in [0, 0.05) is 5.02 Å². The first kappa shape index (κ1) is 13.5. The molecule has 2 aromatic carbocycles. The van der Waals surface area contributed by atoms with E-state index in [1.54, 1.807) is 48.5 Å². The van der Waals surface area contributed by atoms with Crippen molar-refractivity contribution in [3.05, 3.63) is 58.6 Å². The Balaban J connectivity index is 1.88. The smallest absolute Gasteiger partial charge is 0.409 e. The fourth-order valence-electron chi connectivity index (χ4n) is 1.32. The molecule has 2 rings (SSSR count). The van der Waals surface area contributed by atoms with Crippen LogP contribution in [0, 0.1) is 0 Å². The van der Waals surface area contributed by atoms with Crippen molar-refractivity contribution in [2.75, 3.05) is 5.43 Å². The largest absolute Gasteiger partial charge is 0.431 e. The van der Waals surface area contributed by atoms with Gasteiger partial charge in [-0.25, -0.2) is 10.2 Å². The number of anilines is 1. The summed E-state index contributed by atoms with van der Waals surface area (Å²) in [6, 6.07) is 13.5. The summed E-state index contributed by atoms with van der Waals surface area (Å²) in [5.74, 6) is 0.392. The summed E-state index contributed by atoms with van der Waals surface area (Å²) in [6.07, 6.45) is -0.651. The molecule has 0 bridgehead atoms. The Hall–Kier alpha value is -1.91. The summed E-state index contributed by atoms with van der Waals surface area (Å²) in [5, 5.41) is 1.07. The van der Waals surface area contributed by atoms with Crippen LogP contribution >= 0.6 is 23.2 Å². The molecule has 0 atom stereocenters. The van der Waals surface area contributed by atoms with Crippen LogP contribution in [0.3, 0.4) is 0 Å². The Morgan fingerprint density at radius 2 is 1.68 bits per heavy atom. The average Bonchev–Trinajstić information content (AvgIpc) is 2.40. The zero-order valence-corrected chi connectivity index (χ0v) is 11.2. The van der Waals surface area contributed by atoms with Gasteiger partial charge in [-0.05, 0) is 36.4 Å². The monoisotopic (exact) mass is 296 g/mol. The lowest BCUT2D eigenvalue weighted by Gasteiger charge is -2.10. The lowest BCUT2D eigenvalue weighted by molar-refractivity contribution is 0.203. The molecule has 0 aliphatic rings. The van der Waals surface area contributed by atoms with Gasteiger partial charge in [-0.2, -0.15) is 0 Å². The fourth-order valence-corrected chi connectivity index (χ4v) is 1.63. The molecule has 0 aliphatic carbocycles. The zero-order valence-electron chi connectivity index (χ0n) is 9.69. The van der Waals surface area contributed by atoms with Gasteiger partial charge < -0.3 is 4.74 Å². The zero-order chi connectivity index (χ0) is 13.7. The minimum atomic E-state index is -0.651. The van der Waals surface area contributed by atoms with Crippen LogP contribution in [-0.2, 0) is 0 Å². The average molecular weight is 297 g/mol. The maximum absolute atomic E-state index is 11.5. The van der Waals surface area contributed by atoms with Gasteiger partial charge in [-0.15, -0.1) is 0 Å². The topological polar surface area (TPSA) is 50.4 Å². The Morgan fingerprint density at radius 3 is 2.37 bits per heavy atom. The van der Waals surface area contributed by atoms with Crippen molar-refractivity contribution in [2.45, 2.75) is 0 Å². The molecule has 0 fully saturated rings. The van der Waals surface area contributed by atoms with E-state index in [4.69, 9.17) is 27.9 Å². The molecular formula is C13H10Cl2N2O2. The molecule has 0 saturated heterocycles. The van der Waals surface area contributed by atoms with E-state index in [1.165, 1.54) is 0 Å². The molecule has 0 aliphatic heterocycles. The molecule has 0 saturated carbocycles. The Bertz CT molecular complexity index is 573. The van der Waals surface area contributed by atoms with Crippen LogP contribution < -0.4 is 15.6 Å². The number of ether oxygens (including phenoxy) is 1. The van der Waals surface area contributed by atoms with Crippen LogP contribution in [0.15, 0.2) is 48.5 Å². The highest BCUT2D eigenvalue weighted by Gasteiger charge is 2.04. The van der Waals surface area contributed by atoms with Gasteiger partial charge in [0.25, 0.3) is 0 Å². The van der Waals surface area contributed by atoms with Crippen molar-refractivity contribution in [1.82, 2.24) is 5.43 Å². The third kappa shape index (κ3) is 4.05. The van der Waals surface area contributed by atoms with Crippen molar-refractivity contribution in [2.24, 2.45) is 0 Å². The second-order valence-corrected chi connectivity index (χ2v) is 4.42. The van der Waals surface area contributed by atoms with Crippen LogP contribution in [0.2, 0.25) is 10.0 Å². The van der Waals surface area contributed by atoms with E-state index in [-0.39, 0.29) is 0 Å². The van der Waals surface area contributed by atoms with Gasteiger partial charge in [0.1, 0.15) is 5.75 Å². The number of para-hydroxylation sites is 1. The van der Waals surface area contributed by atoms with E-state index in [9.17, 15) is 4.79 Å². The van der Waals surface area contributed by atoms with Crippen molar-refractivity contribution in [1.29, 1.82) is 0 Å². The van der Waals surface area contributed by atoms with Crippen LogP contribution in [-0.4, -0.2) is 6.09 Å². The van der Waals surface area contributed by atoms with Crippen LogP contribution in [0.4, 0.5) is 10.5 Å². The number of hydrogen-bond acceptors (Lipinski definition) is 3. The summed E-state index contributed by atoms with van der Waals surface area (Å²) >= 11 is 11.6. The van der Waals surface area contributed by atoms with Gasteiger partial charge in [0.15, 0.2) is 0 Å². The number of rotatable bonds is 3. The maximum Gasteiger partial charge on any atom is 0.431 e. The SMILES string of the molecule is O=C(NNc1ccccc1Cl)Oc1ccc(Cl)cc1. The number of amides is 1. The molecule has 0 spiro atoms. The van der Waals surface area contributed by atoms with Gasteiger partial charge >= 0.3 is 6.09 Å². The second kappa shape index (κ2) is 6.31. The van der Waals surface area contributed by atoms with E-state index >= 15 is 0 Å². The number of hydrogen-bond donors (Lipinski definition) is 2.